The molecule has 11 nitrogen and oxygen atoms in total. The first kappa shape index (κ1) is 19.4. The molecular weight excluding hydrogens is 362 g/mol. The molecule has 1 fully saturated rings. The highest BCUT2D eigenvalue weighted by atomic mass is 16.5. The predicted octanol–water partition coefficient (Wildman–Crippen LogP) is -0.0160. The zero-order valence-corrected chi connectivity index (χ0v) is 15.6. The molecular formula is C17H21N9O2. The first-order valence-corrected chi connectivity index (χ1v) is 8.71. The van der Waals surface area contributed by atoms with Gasteiger partial charge in [0.1, 0.15) is 11.9 Å². The van der Waals surface area contributed by atoms with Gasteiger partial charge in [0.25, 0.3) is 5.91 Å². The molecule has 0 saturated carbocycles. The van der Waals surface area contributed by atoms with Gasteiger partial charge in [-0.15, -0.1) is 10.2 Å². The Morgan fingerprint density at radius 3 is 2.86 bits per heavy atom. The van der Waals surface area contributed by atoms with Crippen molar-refractivity contribution < 1.29 is 9.53 Å². The molecule has 1 aliphatic heterocycles. The molecule has 1 saturated heterocycles. The summed E-state index contributed by atoms with van der Waals surface area (Å²) in [5, 5.41) is 26.4. The number of morpholine rings is 1. The van der Waals surface area contributed by atoms with Gasteiger partial charge in [0.15, 0.2) is 17.2 Å². The number of rotatable bonds is 6. The number of nitriles is 1. The van der Waals surface area contributed by atoms with E-state index in [2.05, 4.69) is 36.1 Å². The smallest absolute Gasteiger partial charge is 0.276 e. The Balaban J connectivity index is 1.79. The molecule has 0 spiro atoms. The monoisotopic (exact) mass is 383 g/mol. The van der Waals surface area contributed by atoms with Crippen LogP contribution in [-0.2, 0) is 4.74 Å². The largest absolute Gasteiger partial charge is 0.380 e. The topological polar surface area (TPSA) is 141 Å². The number of aromatic nitrogens is 4. The summed E-state index contributed by atoms with van der Waals surface area (Å²) >= 11 is 0. The number of anilines is 3. The molecule has 1 aliphatic rings. The normalized spacial score (nSPS) is 16.1. The summed E-state index contributed by atoms with van der Waals surface area (Å²) in [6, 6.07) is 3.59. The van der Waals surface area contributed by atoms with Crippen LogP contribution in [0, 0.1) is 11.3 Å². The highest BCUT2D eigenvalue weighted by Gasteiger charge is 2.19. The van der Waals surface area contributed by atoms with Gasteiger partial charge in [-0.05, 0) is 0 Å². The van der Waals surface area contributed by atoms with E-state index in [1.807, 2.05) is 6.07 Å². The Hall–Kier alpha value is -3.36. The van der Waals surface area contributed by atoms with E-state index >= 15 is 0 Å². The van der Waals surface area contributed by atoms with Crippen molar-refractivity contribution in [2.24, 2.45) is 0 Å². The Kier molecular flexibility index (Phi) is 6.25. The van der Waals surface area contributed by atoms with Crippen LogP contribution in [0.15, 0.2) is 18.5 Å². The van der Waals surface area contributed by atoms with Crippen molar-refractivity contribution in [2.75, 3.05) is 51.0 Å². The van der Waals surface area contributed by atoms with Crippen LogP contribution >= 0.6 is 0 Å². The fourth-order valence-electron chi connectivity index (χ4n) is 2.51. The molecule has 1 amide bonds. The molecule has 0 aliphatic carbocycles. The minimum Gasteiger partial charge on any atom is -0.380 e. The summed E-state index contributed by atoms with van der Waals surface area (Å²) in [4.78, 5) is 21.9. The van der Waals surface area contributed by atoms with Crippen molar-refractivity contribution >= 4 is 23.2 Å². The van der Waals surface area contributed by atoms with Gasteiger partial charge in [-0.3, -0.25) is 4.79 Å². The Morgan fingerprint density at radius 2 is 2.21 bits per heavy atom. The molecule has 3 heterocycles. The Labute approximate surface area is 162 Å². The fourth-order valence-corrected chi connectivity index (χ4v) is 2.51. The standard InChI is InChI=1S/C17H21N9O2/c1-26(2)17(27)16-13(21-9-12-8-19-3-4-28-12)5-14(24-25-16)23-15-10-20-11(6-18)7-22-15/h5,7,10,12,19H,3-4,8-9H2,1-2H3,(H2,21,22,23,24). The van der Waals surface area contributed by atoms with Crippen molar-refractivity contribution in [1.82, 2.24) is 30.4 Å². The maximum atomic E-state index is 12.4. The van der Waals surface area contributed by atoms with Crippen LogP contribution in [0.2, 0.25) is 0 Å². The van der Waals surface area contributed by atoms with Crippen molar-refractivity contribution in [3.8, 4) is 6.07 Å². The molecule has 2 aromatic rings. The molecule has 0 radical (unpaired) electrons. The number of carbonyl (C=O) groups excluding carboxylic acids is 1. The summed E-state index contributed by atoms with van der Waals surface area (Å²) in [6.45, 7) is 2.73. The molecule has 1 unspecified atom stereocenters. The van der Waals surface area contributed by atoms with Gasteiger partial charge < -0.3 is 25.6 Å². The minimum atomic E-state index is -0.262. The van der Waals surface area contributed by atoms with Crippen molar-refractivity contribution in [2.45, 2.75) is 6.10 Å². The van der Waals surface area contributed by atoms with Gasteiger partial charge in [-0.2, -0.15) is 5.26 Å². The average Bonchev–Trinajstić information content (AvgIpc) is 2.73. The van der Waals surface area contributed by atoms with Crippen molar-refractivity contribution in [1.29, 1.82) is 5.26 Å². The van der Waals surface area contributed by atoms with Crippen LogP contribution in [-0.4, -0.2) is 77.4 Å². The second kappa shape index (κ2) is 9.03. The zero-order valence-electron chi connectivity index (χ0n) is 15.6. The third kappa shape index (κ3) is 4.87. The molecule has 3 rings (SSSR count). The first-order valence-electron chi connectivity index (χ1n) is 8.71. The van der Waals surface area contributed by atoms with Crippen LogP contribution < -0.4 is 16.0 Å². The van der Waals surface area contributed by atoms with Crippen LogP contribution in [0.3, 0.4) is 0 Å². The lowest BCUT2D eigenvalue weighted by Gasteiger charge is -2.24. The SMILES string of the molecule is CN(C)C(=O)c1nnc(Nc2cnc(C#N)cn2)cc1NCC1CNCCO1. The Morgan fingerprint density at radius 1 is 1.36 bits per heavy atom. The second-order valence-electron chi connectivity index (χ2n) is 6.29. The lowest BCUT2D eigenvalue weighted by Crippen LogP contribution is -2.42. The molecule has 11 heteroatoms. The molecule has 1 atom stereocenters. The molecule has 28 heavy (non-hydrogen) atoms. The number of hydrogen-bond donors (Lipinski definition) is 3. The first-order chi connectivity index (χ1) is 13.6. The molecule has 0 aromatic carbocycles. The van der Waals surface area contributed by atoms with Crippen LogP contribution in [0.25, 0.3) is 0 Å². The summed E-state index contributed by atoms with van der Waals surface area (Å²) in [7, 11) is 3.31. The third-order valence-electron chi connectivity index (χ3n) is 3.95. The molecule has 3 N–H and O–H groups in total. The predicted molar refractivity (Wildman–Crippen MR) is 101 cm³/mol. The van der Waals surface area contributed by atoms with E-state index in [4.69, 9.17) is 10.00 Å². The maximum absolute atomic E-state index is 12.4. The van der Waals surface area contributed by atoms with Crippen LogP contribution in [0.1, 0.15) is 16.2 Å². The van der Waals surface area contributed by atoms with E-state index in [0.29, 0.717) is 30.5 Å². The van der Waals surface area contributed by atoms with E-state index in [1.165, 1.54) is 17.3 Å². The van der Waals surface area contributed by atoms with E-state index in [0.717, 1.165) is 13.1 Å². The number of amides is 1. The molecule has 0 bridgehead atoms. The van der Waals surface area contributed by atoms with Crippen LogP contribution in [0.4, 0.5) is 17.3 Å². The lowest BCUT2D eigenvalue weighted by molar-refractivity contribution is 0.0372. The molecule has 2 aromatic heterocycles. The fraction of sp³-hybridized carbons (Fsp3) is 0.412. The molecule has 146 valence electrons. The average molecular weight is 383 g/mol. The van der Waals surface area contributed by atoms with Crippen LogP contribution in [0.5, 0.6) is 0 Å². The second-order valence-corrected chi connectivity index (χ2v) is 6.29. The summed E-state index contributed by atoms with van der Waals surface area (Å²) < 4.78 is 5.68. The number of nitrogens with zero attached hydrogens (tertiary/aromatic N) is 6. The minimum absolute atomic E-state index is 0.00924. The van der Waals surface area contributed by atoms with Gasteiger partial charge in [-0.25, -0.2) is 9.97 Å². The summed E-state index contributed by atoms with van der Waals surface area (Å²) in [5.74, 6) is 0.535. The van der Waals surface area contributed by atoms with E-state index in [1.54, 1.807) is 20.2 Å². The van der Waals surface area contributed by atoms with Gasteiger partial charge >= 0.3 is 0 Å². The van der Waals surface area contributed by atoms with E-state index in [-0.39, 0.29) is 23.4 Å². The Bertz CT molecular complexity index is 858. The highest BCUT2D eigenvalue weighted by Crippen LogP contribution is 2.20. The summed E-state index contributed by atoms with van der Waals surface area (Å²) in [6.07, 6.45) is 2.77. The third-order valence-corrected chi connectivity index (χ3v) is 3.95. The van der Waals surface area contributed by atoms with E-state index in [9.17, 15) is 4.79 Å². The van der Waals surface area contributed by atoms with Gasteiger partial charge in [-0.1, -0.05) is 0 Å². The highest BCUT2D eigenvalue weighted by molar-refractivity contribution is 5.97. The quantitative estimate of drug-likeness (QED) is 0.623. The van der Waals surface area contributed by atoms with Crippen molar-refractivity contribution in [3.63, 3.8) is 0 Å². The number of nitrogens with one attached hydrogen (secondary N) is 3. The van der Waals surface area contributed by atoms with Crippen molar-refractivity contribution in [3.05, 3.63) is 29.8 Å². The number of carbonyl (C=O) groups is 1. The summed E-state index contributed by atoms with van der Waals surface area (Å²) in [5.41, 5.74) is 0.962. The number of ether oxygens (including phenoxy) is 1. The van der Waals surface area contributed by atoms with Gasteiger partial charge in [0, 0.05) is 39.8 Å². The lowest BCUT2D eigenvalue weighted by atomic mass is 10.2. The van der Waals surface area contributed by atoms with E-state index < -0.39 is 0 Å². The van der Waals surface area contributed by atoms with Gasteiger partial charge in [0.2, 0.25) is 0 Å². The van der Waals surface area contributed by atoms with Gasteiger partial charge in [0.05, 0.1) is 30.8 Å². The zero-order chi connectivity index (χ0) is 19.9. The number of hydrogen-bond acceptors (Lipinski definition) is 10. The maximum Gasteiger partial charge on any atom is 0.276 e.